The molecule has 0 bridgehead atoms. The van der Waals surface area contributed by atoms with Crippen LogP contribution in [0.1, 0.15) is 44.5 Å². The van der Waals surface area contributed by atoms with Crippen LogP contribution in [-0.2, 0) is 5.41 Å². The van der Waals surface area contributed by atoms with Gasteiger partial charge < -0.3 is 0 Å². The van der Waals surface area contributed by atoms with Crippen LogP contribution in [0.2, 0.25) is 0 Å². The number of fused-ring (bicyclic) bond motifs is 3. The first-order valence-corrected chi connectivity index (χ1v) is 14.2. The molecule has 0 atom stereocenters. The highest BCUT2D eigenvalue weighted by atomic mass is 14.7. The second-order valence-electron chi connectivity index (χ2n) is 11.5. The highest BCUT2D eigenvalue weighted by Gasteiger charge is 2.46. The smallest absolute Gasteiger partial charge is 0.0714 e. The van der Waals surface area contributed by atoms with Crippen LogP contribution in [0, 0.1) is 27.7 Å². The highest BCUT2D eigenvalue weighted by molar-refractivity contribution is 5.88. The number of benzene rings is 4. The normalized spacial score (nSPS) is 13.1. The standard InChI is InChI=1S/C39H32N2/c1-25-11-13-33-34-14-12-26(2)22-36(34)39(35(33)21-25,31-19-27(3)17-29(23-31)37-9-5-7-15-40-37)32-20-28(4)18-30(24-32)38-10-6-8-16-41-38/h5-24H,1-4H3. The van der Waals surface area contributed by atoms with Crippen molar-refractivity contribution in [2.24, 2.45) is 0 Å². The van der Waals surface area contributed by atoms with Crippen LogP contribution in [0.4, 0.5) is 0 Å². The summed E-state index contributed by atoms with van der Waals surface area (Å²) in [5, 5.41) is 0. The maximum absolute atomic E-state index is 4.73. The molecule has 0 saturated heterocycles. The highest BCUT2D eigenvalue weighted by Crippen LogP contribution is 2.57. The van der Waals surface area contributed by atoms with Crippen LogP contribution < -0.4 is 0 Å². The summed E-state index contributed by atoms with van der Waals surface area (Å²) in [5.74, 6) is 0. The molecule has 7 rings (SSSR count). The van der Waals surface area contributed by atoms with Crippen molar-refractivity contribution in [1.82, 2.24) is 9.97 Å². The number of aromatic nitrogens is 2. The van der Waals surface area contributed by atoms with E-state index in [0.29, 0.717) is 0 Å². The van der Waals surface area contributed by atoms with Gasteiger partial charge in [-0.3, -0.25) is 9.97 Å². The van der Waals surface area contributed by atoms with Crippen molar-refractivity contribution in [3.63, 3.8) is 0 Å². The van der Waals surface area contributed by atoms with Crippen molar-refractivity contribution in [3.05, 3.63) is 166 Å². The maximum Gasteiger partial charge on any atom is 0.0714 e. The lowest BCUT2D eigenvalue weighted by Gasteiger charge is -2.35. The fourth-order valence-electron chi connectivity index (χ4n) is 6.70. The Balaban J connectivity index is 1.63. The number of hydrogen-bond donors (Lipinski definition) is 0. The third-order valence-electron chi connectivity index (χ3n) is 8.39. The van der Waals surface area contributed by atoms with Crippen LogP contribution >= 0.6 is 0 Å². The van der Waals surface area contributed by atoms with E-state index < -0.39 is 5.41 Å². The predicted octanol–water partition coefficient (Wildman–Crippen LogP) is 9.41. The molecule has 2 heteroatoms. The second-order valence-corrected chi connectivity index (χ2v) is 11.5. The summed E-state index contributed by atoms with van der Waals surface area (Å²) in [7, 11) is 0. The second kappa shape index (κ2) is 9.67. The van der Waals surface area contributed by atoms with E-state index in [-0.39, 0.29) is 0 Å². The Kier molecular flexibility index (Phi) is 5.94. The van der Waals surface area contributed by atoms with Crippen molar-refractivity contribution in [2.45, 2.75) is 33.1 Å². The first-order chi connectivity index (χ1) is 19.9. The zero-order valence-electron chi connectivity index (χ0n) is 23.9. The summed E-state index contributed by atoms with van der Waals surface area (Å²) >= 11 is 0. The molecule has 0 spiro atoms. The molecule has 0 N–H and O–H groups in total. The summed E-state index contributed by atoms with van der Waals surface area (Å²) in [6.07, 6.45) is 3.75. The van der Waals surface area contributed by atoms with Gasteiger partial charge in [-0.05, 0) is 110 Å². The molecule has 2 aromatic heterocycles. The van der Waals surface area contributed by atoms with E-state index in [0.717, 1.165) is 22.5 Å². The Bertz CT molecular complexity index is 1780. The van der Waals surface area contributed by atoms with Gasteiger partial charge >= 0.3 is 0 Å². The van der Waals surface area contributed by atoms with E-state index in [1.54, 1.807) is 0 Å². The average Bonchev–Trinajstić information content (AvgIpc) is 3.26. The Morgan fingerprint density at radius 3 is 1.32 bits per heavy atom. The molecular weight excluding hydrogens is 496 g/mol. The first kappa shape index (κ1) is 25.2. The van der Waals surface area contributed by atoms with Crippen LogP contribution in [0.3, 0.4) is 0 Å². The molecule has 6 aromatic rings. The monoisotopic (exact) mass is 528 g/mol. The van der Waals surface area contributed by atoms with Crippen molar-refractivity contribution in [2.75, 3.05) is 0 Å². The van der Waals surface area contributed by atoms with Gasteiger partial charge in [0.2, 0.25) is 0 Å². The van der Waals surface area contributed by atoms with E-state index in [2.05, 4.69) is 125 Å². The topological polar surface area (TPSA) is 25.8 Å². The number of aryl methyl sites for hydroxylation is 4. The number of rotatable bonds is 4. The van der Waals surface area contributed by atoms with Gasteiger partial charge in [0, 0.05) is 23.5 Å². The molecule has 4 aromatic carbocycles. The van der Waals surface area contributed by atoms with Gasteiger partial charge in [-0.1, -0.05) is 82.9 Å². The van der Waals surface area contributed by atoms with Crippen molar-refractivity contribution < 1.29 is 0 Å². The van der Waals surface area contributed by atoms with Gasteiger partial charge in [-0.25, -0.2) is 0 Å². The molecule has 0 radical (unpaired) electrons. The largest absolute Gasteiger partial charge is 0.256 e. The summed E-state index contributed by atoms with van der Waals surface area (Å²) < 4.78 is 0. The summed E-state index contributed by atoms with van der Waals surface area (Å²) in [6, 6.07) is 40.1. The molecule has 0 unspecified atom stereocenters. The van der Waals surface area contributed by atoms with Crippen molar-refractivity contribution in [1.29, 1.82) is 0 Å². The molecule has 0 aliphatic heterocycles. The minimum atomic E-state index is -0.506. The third kappa shape index (κ3) is 4.10. The van der Waals surface area contributed by atoms with E-state index in [1.807, 2.05) is 24.5 Å². The molecule has 2 nitrogen and oxygen atoms in total. The van der Waals surface area contributed by atoms with Crippen molar-refractivity contribution >= 4 is 0 Å². The van der Waals surface area contributed by atoms with Gasteiger partial charge in [0.25, 0.3) is 0 Å². The zero-order valence-corrected chi connectivity index (χ0v) is 23.9. The fraction of sp³-hybridized carbons (Fsp3) is 0.128. The molecule has 41 heavy (non-hydrogen) atoms. The minimum Gasteiger partial charge on any atom is -0.256 e. The van der Waals surface area contributed by atoms with E-state index in [4.69, 9.17) is 9.97 Å². The molecule has 198 valence electrons. The van der Waals surface area contributed by atoms with Gasteiger partial charge in [0.15, 0.2) is 0 Å². The summed E-state index contributed by atoms with van der Waals surface area (Å²) in [4.78, 5) is 9.46. The molecular formula is C39H32N2. The molecule has 0 amide bonds. The summed E-state index contributed by atoms with van der Waals surface area (Å²) in [5.41, 5.74) is 16.4. The van der Waals surface area contributed by atoms with Crippen LogP contribution in [0.25, 0.3) is 33.6 Å². The quantitative estimate of drug-likeness (QED) is 0.227. The molecule has 1 aliphatic carbocycles. The maximum atomic E-state index is 4.73. The van der Waals surface area contributed by atoms with Crippen molar-refractivity contribution in [3.8, 4) is 33.6 Å². The van der Waals surface area contributed by atoms with E-state index in [1.165, 1.54) is 55.6 Å². The Hall–Kier alpha value is -4.82. The minimum absolute atomic E-state index is 0.506. The summed E-state index contributed by atoms with van der Waals surface area (Å²) in [6.45, 7) is 8.79. The van der Waals surface area contributed by atoms with Gasteiger partial charge in [0.1, 0.15) is 0 Å². The molecule has 0 saturated carbocycles. The van der Waals surface area contributed by atoms with Gasteiger partial charge in [0.05, 0.1) is 16.8 Å². The number of nitrogens with zero attached hydrogens (tertiary/aromatic N) is 2. The lowest BCUT2D eigenvalue weighted by molar-refractivity contribution is 0.765. The predicted molar refractivity (Wildman–Crippen MR) is 169 cm³/mol. The van der Waals surface area contributed by atoms with Crippen LogP contribution in [-0.4, -0.2) is 9.97 Å². The SMILES string of the molecule is Cc1cc(-c2ccccn2)cc(C2(c3cc(C)cc(-c4ccccn4)c3)c3cc(C)ccc3-c3ccc(C)cc32)c1. The van der Waals surface area contributed by atoms with Crippen LogP contribution in [0.5, 0.6) is 0 Å². The third-order valence-corrected chi connectivity index (χ3v) is 8.39. The molecule has 0 fully saturated rings. The zero-order chi connectivity index (χ0) is 28.1. The van der Waals surface area contributed by atoms with Gasteiger partial charge in [-0.2, -0.15) is 0 Å². The average molecular weight is 529 g/mol. The number of pyridine rings is 2. The fourth-order valence-corrected chi connectivity index (χ4v) is 6.70. The first-order valence-electron chi connectivity index (χ1n) is 14.2. The molecule has 2 heterocycles. The van der Waals surface area contributed by atoms with E-state index >= 15 is 0 Å². The Morgan fingerprint density at radius 1 is 0.439 bits per heavy atom. The lowest BCUT2D eigenvalue weighted by Crippen LogP contribution is -2.29. The Morgan fingerprint density at radius 2 is 0.902 bits per heavy atom. The van der Waals surface area contributed by atoms with Crippen LogP contribution in [0.15, 0.2) is 122 Å². The van der Waals surface area contributed by atoms with Gasteiger partial charge in [-0.15, -0.1) is 0 Å². The molecule has 1 aliphatic rings. The Labute approximate surface area is 242 Å². The number of hydrogen-bond acceptors (Lipinski definition) is 2. The lowest BCUT2D eigenvalue weighted by atomic mass is 9.66. The van der Waals surface area contributed by atoms with E-state index in [9.17, 15) is 0 Å².